The molecule has 0 aromatic carbocycles. The predicted molar refractivity (Wildman–Crippen MR) is 108 cm³/mol. The van der Waals surface area contributed by atoms with Crippen molar-refractivity contribution >= 4 is 28.2 Å². The molecule has 0 radical (unpaired) electrons. The molecular formula is C21H33NO3S. The number of amides is 1. The van der Waals surface area contributed by atoms with E-state index in [1.54, 1.807) is 11.3 Å². The van der Waals surface area contributed by atoms with E-state index in [-0.39, 0.29) is 11.9 Å². The fourth-order valence-corrected chi connectivity index (χ4v) is 4.87. The van der Waals surface area contributed by atoms with Crippen LogP contribution in [0.25, 0.3) is 0 Å². The Morgan fingerprint density at radius 3 is 2.42 bits per heavy atom. The Bertz CT molecular complexity index is 594. The molecule has 5 heteroatoms. The topological polar surface area (TPSA) is 55.4 Å². The van der Waals surface area contributed by atoms with E-state index in [1.165, 1.54) is 50.5 Å². The molecule has 4 nitrogen and oxygen atoms in total. The Hall–Kier alpha value is -1.36. The lowest BCUT2D eigenvalue weighted by Gasteiger charge is -2.07. The first-order valence-corrected chi connectivity index (χ1v) is 11.0. The molecule has 0 atom stereocenters. The van der Waals surface area contributed by atoms with Gasteiger partial charge >= 0.3 is 5.97 Å². The van der Waals surface area contributed by atoms with Gasteiger partial charge < -0.3 is 10.1 Å². The van der Waals surface area contributed by atoms with E-state index < -0.39 is 0 Å². The van der Waals surface area contributed by atoms with Gasteiger partial charge in [-0.1, -0.05) is 51.9 Å². The quantitative estimate of drug-likeness (QED) is 0.313. The molecule has 2 rings (SSSR count). The fourth-order valence-electron chi connectivity index (χ4n) is 3.58. The first kappa shape index (κ1) is 20.9. The van der Waals surface area contributed by atoms with Gasteiger partial charge in [0, 0.05) is 11.3 Å². The molecule has 0 spiro atoms. The van der Waals surface area contributed by atoms with Gasteiger partial charge in [-0.3, -0.25) is 4.79 Å². The summed E-state index contributed by atoms with van der Waals surface area (Å²) in [7, 11) is 1.41. The highest BCUT2D eigenvalue weighted by Gasteiger charge is 2.26. The van der Waals surface area contributed by atoms with Crippen LogP contribution in [-0.2, 0) is 22.4 Å². The summed E-state index contributed by atoms with van der Waals surface area (Å²) in [5, 5.41) is 3.68. The van der Waals surface area contributed by atoms with Gasteiger partial charge in [0.25, 0.3) is 0 Å². The maximum absolute atomic E-state index is 12.3. The summed E-state index contributed by atoms with van der Waals surface area (Å²) in [6.45, 7) is 2.22. The molecule has 1 aromatic rings. The number of fused-ring (bicyclic) bond motifs is 1. The zero-order chi connectivity index (χ0) is 18.8. The number of aryl methyl sites for hydroxylation is 1. The summed E-state index contributed by atoms with van der Waals surface area (Å²) in [4.78, 5) is 25.9. The molecule has 26 heavy (non-hydrogen) atoms. The molecule has 0 saturated heterocycles. The summed E-state index contributed by atoms with van der Waals surface area (Å²) in [5.74, 6) is -0.309. The lowest BCUT2D eigenvalue weighted by Crippen LogP contribution is -2.14. The predicted octanol–water partition coefficient (Wildman–Crippen LogP) is 5.88. The Labute approximate surface area is 161 Å². The molecule has 1 aliphatic rings. The van der Waals surface area contributed by atoms with Crippen LogP contribution < -0.4 is 5.32 Å². The standard InChI is InChI=1S/C21H33NO3S/c1-3-4-5-6-7-8-12-15-18(23)22-20-19(21(24)25-2)16-13-10-9-11-14-17(16)26-20/h3-15H2,1-2H3,(H,22,23). The maximum Gasteiger partial charge on any atom is 0.341 e. The van der Waals surface area contributed by atoms with Crippen LogP contribution >= 0.6 is 11.3 Å². The SMILES string of the molecule is CCCCCCCCCC(=O)Nc1sc2c(c1C(=O)OC)CCCCC2. The van der Waals surface area contributed by atoms with Crippen LogP contribution in [-0.4, -0.2) is 19.0 Å². The zero-order valence-corrected chi connectivity index (χ0v) is 17.1. The van der Waals surface area contributed by atoms with Gasteiger partial charge in [-0.05, 0) is 37.7 Å². The van der Waals surface area contributed by atoms with E-state index in [9.17, 15) is 9.59 Å². The van der Waals surface area contributed by atoms with Gasteiger partial charge in [-0.2, -0.15) is 0 Å². The molecule has 1 aliphatic carbocycles. The van der Waals surface area contributed by atoms with Crippen LogP contribution in [0.15, 0.2) is 0 Å². The maximum atomic E-state index is 12.3. The van der Waals surface area contributed by atoms with Crippen LogP contribution in [0.2, 0.25) is 0 Å². The number of esters is 1. The second-order valence-electron chi connectivity index (χ2n) is 7.18. The molecule has 1 heterocycles. The fraction of sp³-hybridized carbons (Fsp3) is 0.714. The highest BCUT2D eigenvalue weighted by atomic mass is 32.1. The van der Waals surface area contributed by atoms with Gasteiger partial charge in [-0.15, -0.1) is 11.3 Å². The van der Waals surface area contributed by atoms with Gasteiger partial charge in [-0.25, -0.2) is 4.79 Å². The third-order valence-corrected chi connectivity index (χ3v) is 6.28. The number of rotatable bonds is 10. The van der Waals surface area contributed by atoms with Gasteiger partial charge in [0.15, 0.2) is 0 Å². The molecule has 0 saturated carbocycles. The van der Waals surface area contributed by atoms with Crippen molar-refractivity contribution in [1.29, 1.82) is 0 Å². The van der Waals surface area contributed by atoms with Crippen molar-refractivity contribution < 1.29 is 14.3 Å². The largest absolute Gasteiger partial charge is 0.465 e. The summed E-state index contributed by atoms with van der Waals surface area (Å²) >= 11 is 1.57. The van der Waals surface area contributed by atoms with E-state index in [4.69, 9.17) is 4.74 Å². The zero-order valence-electron chi connectivity index (χ0n) is 16.3. The molecular weight excluding hydrogens is 346 g/mol. The number of methoxy groups -OCH3 is 1. The van der Waals surface area contributed by atoms with E-state index in [0.717, 1.165) is 44.1 Å². The van der Waals surface area contributed by atoms with Crippen LogP contribution in [0.5, 0.6) is 0 Å². The van der Waals surface area contributed by atoms with Gasteiger partial charge in [0.1, 0.15) is 5.00 Å². The van der Waals surface area contributed by atoms with E-state index >= 15 is 0 Å². The summed E-state index contributed by atoms with van der Waals surface area (Å²) < 4.78 is 4.99. The number of carbonyl (C=O) groups excluding carboxylic acids is 2. The minimum Gasteiger partial charge on any atom is -0.465 e. The number of ether oxygens (including phenoxy) is 1. The summed E-state index contributed by atoms with van der Waals surface area (Å²) in [6, 6.07) is 0. The number of hydrogen-bond acceptors (Lipinski definition) is 4. The summed E-state index contributed by atoms with van der Waals surface area (Å²) in [5.41, 5.74) is 1.70. The Morgan fingerprint density at radius 2 is 1.69 bits per heavy atom. The third-order valence-electron chi connectivity index (χ3n) is 5.07. The van der Waals surface area contributed by atoms with Crippen molar-refractivity contribution in [2.24, 2.45) is 0 Å². The third kappa shape index (κ3) is 6.11. The molecule has 146 valence electrons. The van der Waals surface area contributed by atoms with E-state index in [2.05, 4.69) is 12.2 Å². The number of nitrogens with one attached hydrogen (secondary N) is 1. The smallest absolute Gasteiger partial charge is 0.341 e. The Morgan fingerprint density at radius 1 is 1.00 bits per heavy atom. The lowest BCUT2D eigenvalue weighted by atomic mass is 10.1. The minimum atomic E-state index is -0.323. The Balaban J connectivity index is 1.89. The average molecular weight is 380 g/mol. The number of anilines is 1. The minimum absolute atomic E-state index is 0.0140. The number of unbranched alkanes of at least 4 members (excludes halogenated alkanes) is 6. The normalized spacial score (nSPS) is 13.8. The first-order chi connectivity index (χ1) is 12.7. The van der Waals surface area contributed by atoms with Crippen molar-refractivity contribution in [3.8, 4) is 0 Å². The molecule has 1 N–H and O–H groups in total. The number of thiophene rings is 1. The van der Waals surface area contributed by atoms with Crippen LogP contribution in [0.3, 0.4) is 0 Å². The molecule has 0 bridgehead atoms. The molecule has 1 amide bonds. The first-order valence-electron chi connectivity index (χ1n) is 10.2. The molecule has 1 aromatic heterocycles. The van der Waals surface area contributed by atoms with E-state index in [1.807, 2.05) is 0 Å². The van der Waals surface area contributed by atoms with Gasteiger partial charge in [0.05, 0.1) is 12.7 Å². The Kier molecular flexibility index (Phi) is 9.16. The summed E-state index contributed by atoms with van der Waals surface area (Å²) in [6.07, 6.45) is 14.2. The molecule has 0 aliphatic heterocycles. The highest BCUT2D eigenvalue weighted by molar-refractivity contribution is 7.17. The van der Waals surface area contributed by atoms with Crippen LogP contribution in [0, 0.1) is 0 Å². The van der Waals surface area contributed by atoms with Crippen molar-refractivity contribution in [1.82, 2.24) is 0 Å². The van der Waals surface area contributed by atoms with Crippen LogP contribution in [0.4, 0.5) is 5.00 Å². The van der Waals surface area contributed by atoms with Crippen LogP contribution in [0.1, 0.15) is 98.4 Å². The van der Waals surface area contributed by atoms with Crippen molar-refractivity contribution in [2.75, 3.05) is 12.4 Å². The van der Waals surface area contributed by atoms with Crippen molar-refractivity contribution in [3.05, 3.63) is 16.0 Å². The highest BCUT2D eigenvalue weighted by Crippen LogP contribution is 2.38. The number of hydrogen-bond donors (Lipinski definition) is 1. The number of carbonyl (C=O) groups is 2. The average Bonchev–Trinajstić information content (AvgIpc) is 2.81. The van der Waals surface area contributed by atoms with Crippen molar-refractivity contribution in [2.45, 2.75) is 90.4 Å². The van der Waals surface area contributed by atoms with E-state index in [0.29, 0.717) is 17.0 Å². The second kappa shape index (κ2) is 11.4. The van der Waals surface area contributed by atoms with Gasteiger partial charge in [0.2, 0.25) is 5.91 Å². The second-order valence-corrected chi connectivity index (χ2v) is 8.28. The monoisotopic (exact) mass is 379 g/mol. The molecule has 0 unspecified atom stereocenters. The van der Waals surface area contributed by atoms with Crippen molar-refractivity contribution in [3.63, 3.8) is 0 Å². The molecule has 0 fully saturated rings. The lowest BCUT2D eigenvalue weighted by molar-refractivity contribution is -0.116.